The van der Waals surface area contributed by atoms with Crippen molar-refractivity contribution in [3.63, 3.8) is 0 Å². The summed E-state index contributed by atoms with van der Waals surface area (Å²) in [5.74, 6) is 1.82. The SMILES string of the molecule is COc1ccc(N=C(Nc2ccc(C)cc2)n2sc(C)cc2=N)c(OC)c1. The smallest absolute Gasteiger partial charge is 0.223 e. The molecule has 2 aromatic carbocycles. The molecular formula is C20H22N4O2S. The van der Waals surface area contributed by atoms with Crippen molar-refractivity contribution in [1.82, 2.24) is 3.96 Å². The Morgan fingerprint density at radius 1 is 1.04 bits per heavy atom. The van der Waals surface area contributed by atoms with E-state index in [1.165, 1.54) is 17.1 Å². The van der Waals surface area contributed by atoms with Gasteiger partial charge >= 0.3 is 0 Å². The van der Waals surface area contributed by atoms with Gasteiger partial charge in [0.2, 0.25) is 5.96 Å². The number of anilines is 1. The summed E-state index contributed by atoms with van der Waals surface area (Å²) in [6.45, 7) is 4.01. The predicted molar refractivity (Wildman–Crippen MR) is 110 cm³/mol. The molecule has 0 aliphatic carbocycles. The first kappa shape index (κ1) is 18.7. The molecule has 0 spiro atoms. The molecule has 0 aliphatic heterocycles. The van der Waals surface area contributed by atoms with Gasteiger partial charge in [-0.3, -0.25) is 5.41 Å². The van der Waals surface area contributed by atoms with Crippen LogP contribution in [0.1, 0.15) is 10.4 Å². The maximum Gasteiger partial charge on any atom is 0.223 e. The molecule has 0 radical (unpaired) electrons. The van der Waals surface area contributed by atoms with Crippen LogP contribution in [0.3, 0.4) is 0 Å². The molecular weight excluding hydrogens is 360 g/mol. The molecule has 2 N–H and O–H groups in total. The maximum atomic E-state index is 8.25. The largest absolute Gasteiger partial charge is 0.497 e. The van der Waals surface area contributed by atoms with Crippen molar-refractivity contribution in [1.29, 1.82) is 5.41 Å². The van der Waals surface area contributed by atoms with Crippen LogP contribution in [0.4, 0.5) is 11.4 Å². The molecule has 0 amide bonds. The highest BCUT2D eigenvalue weighted by molar-refractivity contribution is 7.07. The lowest BCUT2D eigenvalue weighted by Crippen LogP contribution is -2.28. The van der Waals surface area contributed by atoms with E-state index in [1.54, 1.807) is 24.2 Å². The van der Waals surface area contributed by atoms with Gasteiger partial charge in [-0.05, 0) is 44.2 Å². The van der Waals surface area contributed by atoms with Gasteiger partial charge < -0.3 is 14.8 Å². The van der Waals surface area contributed by atoms with Crippen LogP contribution in [-0.2, 0) is 0 Å². The van der Waals surface area contributed by atoms with Gasteiger partial charge in [0.1, 0.15) is 22.7 Å². The van der Waals surface area contributed by atoms with Gasteiger partial charge in [-0.25, -0.2) is 8.95 Å². The normalized spacial score (nSPS) is 11.3. The van der Waals surface area contributed by atoms with Crippen LogP contribution >= 0.6 is 11.5 Å². The van der Waals surface area contributed by atoms with Crippen LogP contribution in [-0.4, -0.2) is 24.1 Å². The highest BCUT2D eigenvalue weighted by Gasteiger charge is 2.11. The zero-order chi connectivity index (χ0) is 19.4. The fourth-order valence-electron chi connectivity index (χ4n) is 2.51. The Hall–Kier alpha value is -3.06. The molecule has 0 unspecified atom stereocenters. The van der Waals surface area contributed by atoms with Gasteiger partial charge in [-0.1, -0.05) is 29.2 Å². The Morgan fingerprint density at radius 2 is 1.78 bits per heavy atom. The fourth-order valence-corrected chi connectivity index (χ4v) is 3.29. The van der Waals surface area contributed by atoms with Crippen LogP contribution in [0.15, 0.2) is 53.5 Å². The van der Waals surface area contributed by atoms with Crippen molar-refractivity contribution in [3.05, 3.63) is 64.5 Å². The highest BCUT2D eigenvalue weighted by atomic mass is 32.1. The number of rotatable bonds is 4. The average molecular weight is 382 g/mol. The minimum absolute atomic E-state index is 0.364. The molecule has 6 nitrogen and oxygen atoms in total. The Bertz CT molecular complexity index is 1020. The second kappa shape index (κ2) is 8.09. The second-order valence-corrected chi connectivity index (χ2v) is 7.18. The van der Waals surface area contributed by atoms with E-state index in [0.29, 0.717) is 28.6 Å². The van der Waals surface area contributed by atoms with Crippen molar-refractivity contribution >= 4 is 28.9 Å². The third kappa shape index (κ3) is 4.38. The molecule has 7 heteroatoms. The summed E-state index contributed by atoms with van der Waals surface area (Å²) in [6, 6.07) is 15.3. The van der Waals surface area contributed by atoms with Gasteiger partial charge in [0.25, 0.3) is 0 Å². The maximum absolute atomic E-state index is 8.25. The molecule has 3 rings (SSSR count). The second-order valence-electron chi connectivity index (χ2n) is 5.99. The number of aromatic nitrogens is 1. The lowest BCUT2D eigenvalue weighted by Gasteiger charge is -2.12. The quantitative estimate of drug-likeness (QED) is 0.522. The molecule has 1 aromatic heterocycles. The molecule has 140 valence electrons. The van der Waals surface area contributed by atoms with E-state index >= 15 is 0 Å². The number of hydrogen-bond acceptors (Lipinski definition) is 5. The van der Waals surface area contributed by atoms with Gasteiger partial charge in [-0.15, -0.1) is 0 Å². The fraction of sp³-hybridized carbons (Fsp3) is 0.200. The van der Waals surface area contributed by atoms with Crippen molar-refractivity contribution in [2.75, 3.05) is 19.5 Å². The first-order valence-electron chi connectivity index (χ1n) is 8.39. The number of ether oxygens (including phenoxy) is 2. The van der Waals surface area contributed by atoms with E-state index in [-0.39, 0.29) is 0 Å². The summed E-state index contributed by atoms with van der Waals surface area (Å²) in [5, 5.41) is 11.6. The minimum atomic E-state index is 0.364. The van der Waals surface area contributed by atoms with E-state index in [2.05, 4.69) is 5.32 Å². The molecule has 3 aromatic rings. The Balaban J connectivity index is 2.09. The number of nitrogens with one attached hydrogen (secondary N) is 2. The van der Waals surface area contributed by atoms with E-state index < -0.39 is 0 Å². The molecule has 0 saturated carbocycles. The van der Waals surface area contributed by atoms with Crippen molar-refractivity contribution in [2.24, 2.45) is 4.99 Å². The van der Waals surface area contributed by atoms with Gasteiger partial charge in [0.05, 0.1) is 14.2 Å². The lowest BCUT2D eigenvalue weighted by atomic mass is 10.2. The zero-order valence-corrected chi connectivity index (χ0v) is 16.6. The first-order chi connectivity index (χ1) is 13.0. The summed E-state index contributed by atoms with van der Waals surface area (Å²) in [5.41, 5.74) is 3.08. The first-order valence-corrected chi connectivity index (χ1v) is 9.17. The summed E-state index contributed by atoms with van der Waals surface area (Å²) in [7, 11) is 3.21. The summed E-state index contributed by atoms with van der Waals surface area (Å²) >= 11 is 1.46. The van der Waals surface area contributed by atoms with Crippen molar-refractivity contribution in [2.45, 2.75) is 13.8 Å². The molecule has 1 heterocycles. The standard InChI is InChI=1S/C20H22N4O2S/c1-13-5-7-15(8-6-13)22-20(24-19(21)11-14(2)27-24)23-17-10-9-16(25-3)12-18(17)26-4/h5-12,21H,1-4H3,(H,22,23). The van der Waals surface area contributed by atoms with Gasteiger partial charge in [0, 0.05) is 16.6 Å². The molecule has 0 aliphatic rings. The molecule has 0 fully saturated rings. The summed E-state index contributed by atoms with van der Waals surface area (Å²) in [6.07, 6.45) is 0. The molecule has 27 heavy (non-hydrogen) atoms. The van der Waals surface area contributed by atoms with Crippen LogP contribution in [0.25, 0.3) is 0 Å². The van der Waals surface area contributed by atoms with Gasteiger partial charge in [-0.2, -0.15) is 0 Å². The van der Waals surface area contributed by atoms with E-state index in [9.17, 15) is 0 Å². The molecule has 0 saturated heterocycles. The Morgan fingerprint density at radius 3 is 2.37 bits per heavy atom. The molecule has 0 bridgehead atoms. The van der Waals surface area contributed by atoms with E-state index in [4.69, 9.17) is 19.9 Å². The number of hydrogen-bond donors (Lipinski definition) is 2. The van der Waals surface area contributed by atoms with E-state index in [1.807, 2.05) is 56.3 Å². The Kier molecular flexibility index (Phi) is 5.61. The lowest BCUT2D eigenvalue weighted by molar-refractivity contribution is 0.395. The number of methoxy groups -OCH3 is 2. The van der Waals surface area contributed by atoms with Crippen molar-refractivity contribution < 1.29 is 9.47 Å². The average Bonchev–Trinajstić information content (AvgIpc) is 3.01. The zero-order valence-electron chi connectivity index (χ0n) is 15.7. The summed E-state index contributed by atoms with van der Waals surface area (Å²) in [4.78, 5) is 5.77. The van der Waals surface area contributed by atoms with Crippen LogP contribution in [0, 0.1) is 19.3 Å². The van der Waals surface area contributed by atoms with Crippen LogP contribution < -0.4 is 20.3 Å². The summed E-state index contributed by atoms with van der Waals surface area (Å²) < 4.78 is 12.5. The minimum Gasteiger partial charge on any atom is -0.497 e. The number of benzene rings is 2. The number of aryl methyl sites for hydroxylation is 2. The topological polar surface area (TPSA) is 71.6 Å². The number of nitrogens with zero attached hydrogens (tertiary/aromatic N) is 2. The Labute approximate surface area is 162 Å². The van der Waals surface area contributed by atoms with Crippen molar-refractivity contribution in [3.8, 4) is 11.5 Å². The van der Waals surface area contributed by atoms with Crippen LogP contribution in [0.5, 0.6) is 11.5 Å². The third-order valence-corrected chi connectivity index (χ3v) is 4.87. The third-order valence-electron chi connectivity index (χ3n) is 3.91. The highest BCUT2D eigenvalue weighted by Crippen LogP contribution is 2.31. The van der Waals surface area contributed by atoms with Gasteiger partial charge in [0.15, 0.2) is 0 Å². The van der Waals surface area contributed by atoms with E-state index in [0.717, 1.165) is 10.6 Å². The number of aliphatic imine (C=N–C) groups is 1. The molecule has 0 atom stereocenters. The van der Waals surface area contributed by atoms with Crippen LogP contribution in [0.2, 0.25) is 0 Å². The monoisotopic (exact) mass is 382 g/mol. The predicted octanol–water partition coefficient (Wildman–Crippen LogP) is 4.31.